The van der Waals surface area contributed by atoms with Gasteiger partial charge < -0.3 is 10.4 Å². The van der Waals surface area contributed by atoms with Crippen LogP contribution in [0, 0.1) is 0 Å². The minimum atomic E-state index is -4.38. The van der Waals surface area contributed by atoms with Crippen molar-refractivity contribution in [2.24, 2.45) is 7.05 Å². The fourth-order valence-electron chi connectivity index (χ4n) is 1.56. The van der Waals surface area contributed by atoms with Crippen LogP contribution in [0.25, 0.3) is 0 Å². The molecule has 0 aliphatic rings. The van der Waals surface area contributed by atoms with Crippen molar-refractivity contribution in [1.82, 2.24) is 15.1 Å². The quantitative estimate of drug-likeness (QED) is 0.784. The van der Waals surface area contributed by atoms with Crippen molar-refractivity contribution in [3.63, 3.8) is 0 Å². The molecule has 0 saturated carbocycles. The van der Waals surface area contributed by atoms with Gasteiger partial charge in [-0.2, -0.15) is 18.3 Å². The molecule has 0 atom stereocenters. The Balaban J connectivity index is 0.00000289. The Bertz CT molecular complexity index is 355. The van der Waals surface area contributed by atoms with E-state index in [1.165, 1.54) is 13.2 Å². The van der Waals surface area contributed by atoms with Gasteiger partial charge in [0.05, 0.1) is 6.20 Å². The highest BCUT2D eigenvalue weighted by Crippen LogP contribution is 2.31. The molecule has 1 aromatic rings. The smallest absolute Gasteiger partial charge is 0.396 e. The maximum absolute atomic E-state index is 12.7. The summed E-state index contributed by atoms with van der Waals surface area (Å²) in [5.41, 5.74) is -0.573. The van der Waals surface area contributed by atoms with Gasteiger partial charge in [-0.05, 0) is 19.4 Å². The highest BCUT2D eigenvalue weighted by atomic mass is 35.5. The molecule has 1 aromatic heterocycles. The molecule has 0 aliphatic heterocycles. The first kappa shape index (κ1) is 17.2. The predicted molar refractivity (Wildman–Crippen MR) is 63.5 cm³/mol. The Hall–Kier alpha value is -0.790. The summed E-state index contributed by atoms with van der Waals surface area (Å²) in [7, 11) is 1.28. The number of unbranched alkanes of at least 4 members (excludes halogenated alkanes) is 1. The molecule has 1 rings (SSSR count). The first-order chi connectivity index (χ1) is 7.96. The summed E-state index contributed by atoms with van der Waals surface area (Å²) in [6.07, 6.45) is -1.78. The first-order valence-electron chi connectivity index (χ1n) is 5.36. The standard InChI is InChI=1S/C10H16F3N3O.ClH/c1-16-9(10(11,12)13)8(7-15-16)6-14-4-2-3-5-17;/h7,14,17H,2-6H2,1H3;1H. The molecule has 0 fully saturated rings. The lowest BCUT2D eigenvalue weighted by Gasteiger charge is -2.10. The summed E-state index contributed by atoms with van der Waals surface area (Å²) in [5, 5.41) is 15.1. The van der Waals surface area contributed by atoms with E-state index in [4.69, 9.17) is 5.11 Å². The summed E-state index contributed by atoms with van der Waals surface area (Å²) in [6.45, 7) is 0.809. The number of rotatable bonds is 6. The van der Waals surface area contributed by atoms with Crippen LogP contribution in [0.3, 0.4) is 0 Å². The molecule has 0 radical (unpaired) electrons. The summed E-state index contributed by atoms with van der Waals surface area (Å²) < 4.78 is 38.8. The number of aryl methyl sites for hydroxylation is 1. The molecule has 1 heterocycles. The van der Waals surface area contributed by atoms with E-state index in [1.54, 1.807) is 0 Å². The van der Waals surface area contributed by atoms with E-state index < -0.39 is 11.9 Å². The van der Waals surface area contributed by atoms with Crippen molar-refractivity contribution in [2.45, 2.75) is 25.6 Å². The van der Waals surface area contributed by atoms with E-state index in [-0.39, 0.29) is 31.1 Å². The third-order valence-corrected chi connectivity index (χ3v) is 2.36. The van der Waals surface area contributed by atoms with Gasteiger partial charge in [0, 0.05) is 25.8 Å². The van der Waals surface area contributed by atoms with Crippen LogP contribution in [0.1, 0.15) is 24.1 Å². The third kappa shape index (κ3) is 4.83. The van der Waals surface area contributed by atoms with E-state index >= 15 is 0 Å². The molecule has 8 heteroatoms. The van der Waals surface area contributed by atoms with Gasteiger partial charge in [0.1, 0.15) is 5.69 Å². The number of nitrogens with zero attached hydrogens (tertiary/aromatic N) is 2. The van der Waals surface area contributed by atoms with Crippen molar-refractivity contribution < 1.29 is 18.3 Å². The van der Waals surface area contributed by atoms with Crippen LogP contribution < -0.4 is 5.32 Å². The zero-order chi connectivity index (χ0) is 12.9. The fourth-order valence-corrected chi connectivity index (χ4v) is 1.56. The highest BCUT2D eigenvalue weighted by molar-refractivity contribution is 5.85. The average molecular weight is 288 g/mol. The molecule has 0 saturated heterocycles. The van der Waals surface area contributed by atoms with Gasteiger partial charge in [-0.25, -0.2) is 0 Å². The molecule has 18 heavy (non-hydrogen) atoms. The van der Waals surface area contributed by atoms with Crippen LogP contribution in [-0.4, -0.2) is 28.0 Å². The van der Waals surface area contributed by atoms with Gasteiger partial charge in [0.25, 0.3) is 0 Å². The molecule has 106 valence electrons. The summed E-state index contributed by atoms with van der Waals surface area (Å²) in [5.74, 6) is 0. The Labute approximate surface area is 110 Å². The molecule has 0 bridgehead atoms. The normalized spacial score (nSPS) is 11.4. The number of alkyl halides is 3. The van der Waals surface area contributed by atoms with Crippen LogP contribution >= 0.6 is 12.4 Å². The van der Waals surface area contributed by atoms with Crippen molar-refractivity contribution in [3.05, 3.63) is 17.5 Å². The number of halogens is 4. The van der Waals surface area contributed by atoms with E-state index in [9.17, 15) is 13.2 Å². The van der Waals surface area contributed by atoms with Crippen LogP contribution in [0.2, 0.25) is 0 Å². The van der Waals surface area contributed by atoms with Gasteiger partial charge in [-0.1, -0.05) is 0 Å². The monoisotopic (exact) mass is 287 g/mol. The lowest BCUT2D eigenvalue weighted by molar-refractivity contribution is -0.144. The van der Waals surface area contributed by atoms with E-state index in [0.717, 1.165) is 11.1 Å². The van der Waals surface area contributed by atoms with E-state index in [0.29, 0.717) is 13.0 Å². The topological polar surface area (TPSA) is 50.1 Å². The van der Waals surface area contributed by atoms with Crippen LogP contribution in [0.5, 0.6) is 0 Å². The molecule has 0 amide bonds. The van der Waals surface area contributed by atoms with Crippen molar-refractivity contribution >= 4 is 12.4 Å². The Kier molecular flexibility index (Phi) is 7.27. The molecule has 4 nitrogen and oxygen atoms in total. The van der Waals surface area contributed by atoms with Gasteiger partial charge in [0.2, 0.25) is 0 Å². The predicted octanol–water partition coefficient (Wildman–Crippen LogP) is 1.72. The van der Waals surface area contributed by atoms with E-state index in [2.05, 4.69) is 10.4 Å². The molecule has 2 N–H and O–H groups in total. The van der Waals surface area contributed by atoms with Crippen LogP contribution in [-0.2, 0) is 19.8 Å². The summed E-state index contributed by atoms with van der Waals surface area (Å²) >= 11 is 0. The number of hydrogen-bond acceptors (Lipinski definition) is 3. The second kappa shape index (κ2) is 7.60. The fraction of sp³-hybridized carbons (Fsp3) is 0.700. The maximum Gasteiger partial charge on any atom is 0.433 e. The van der Waals surface area contributed by atoms with Gasteiger partial charge in [-0.3, -0.25) is 4.68 Å². The number of nitrogens with one attached hydrogen (secondary N) is 1. The summed E-state index contributed by atoms with van der Waals surface area (Å²) in [4.78, 5) is 0. The third-order valence-electron chi connectivity index (χ3n) is 2.36. The van der Waals surface area contributed by atoms with Crippen molar-refractivity contribution in [3.8, 4) is 0 Å². The first-order valence-corrected chi connectivity index (χ1v) is 5.36. The van der Waals surface area contributed by atoms with Crippen molar-refractivity contribution in [1.29, 1.82) is 0 Å². The molecular weight excluding hydrogens is 271 g/mol. The minimum absolute atomic E-state index is 0. The molecule has 0 unspecified atom stereocenters. The number of aliphatic hydroxyl groups is 1. The molecule has 0 aliphatic carbocycles. The second-order valence-electron chi connectivity index (χ2n) is 3.75. The molecular formula is C10H17ClF3N3O. The molecule has 0 spiro atoms. The zero-order valence-electron chi connectivity index (χ0n) is 10.00. The maximum atomic E-state index is 12.7. The largest absolute Gasteiger partial charge is 0.433 e. The van der Waals surface area contributed by atoms with E-state index in [1.807, 2.05) is 0 Å². The minimum Gasteiger partial charge on any atom is -0.396 e. The van der Waals surface area contributed by atoms with Gasteiger partial charge >= 0.3 is 6.18 Å². The highest BCUT2D eigenvalue weighted by Gasteiger charge is 2.36. The van der Waals surface area contributed by atoms with Gasteiger partial charge in [0.15, 0.2) is 0 Å². The zero-order valence-corrected chi connectivity index (χ0v) is 10.8. The SMILES string of the molecule is Cl.Cn1ncc(CNCCCCO)c1C(F)(F)F. The molecule has 0 aromatic carbocycles. The lowest BCUT2D eigenvalue weighted by Crippen LogP contribution is -2.19. The van der Waals surface area contributed by atoms with Crippen LogP contribution in [0.15, 0.2) is 6.20 Å². The number of hydrogen-bond donors (Lipinski definition) is 2. The van der Waals surface area contributed by atoms with Crippen LogP contribution in [0.4, 0.5) is 13.2 Å². The Morgan fingerprint density at radius 3 is 2.61 bits per heavy atom. The Morgan fingerprint density at radius 2 is 2.06 bits per heavy atom. The average Bonchev–Trinajstić information content (AvgIpc) is 2.59. The van der Waals surface area contributed by atoms with Crippen molar-refractivity contribution in [2.75, 3.05) is 13.2 Å². The Morgan fingerprint density at radius 1 is 1.39 bits per heavy atom. The lowest BCUT2D eigenvalue weighted by atomic mass is 10.2. The number of aliphatic hydroxyl groups excluding tert-OH is 1. The summed E-state index contributed by atoms with van der Waals surface area (Å²) in [6, 6.07) is 0. The number of aromatic nitrogens is 2. The van der Waals surface area contributed by atoms with Gasteiger partial charge in [-0.15, -0.1) is 12.4 Å². The second-order valence-corrected chi connectivity index (χ2v) is 3.75.